The molecule has 0 bridgehead atoms. The predicted octanol–water partition coefficient (Wildman–Crippen LogP) is 3.46. The van der Waals surface area contributed by atoms with Crippen molar-refractivity contribution < 1.29 is 4.79 Å². The molecule has 1 aromatic carbocycles. The Hall–Kier alpha value is -2.04. The van der Waals surface area contributed by atoms with Gasteiger partial charge in [-0.3, -0.25) is 9.79 Å². The molecule has 0 heterocycles. The van der Waals surface area contributed by atoms with E-state index in [0.29, 0.717) is 17.5 Å². The second kappa shape index (κ2) is 10.2. The number of guanidine groups is 1. The molecule has 5 heteroatoms. The molecule has 1 aliphatic rings. The van der Waals surface area contributed by atoms with Crippen LogP contribution >= 0.6 is 0 Å². The van der Waals surface area contributed by atoms with Crippen LogP contribution in [0, 0.1) is 5.41 Å². The minimum Gasteiger partial charge on any atom is -0.356 e. The Balaban J connectivity index is 1.78. The number of unbranched alkanes of at least 4 members (excludes halogenated alkanes) is 1. The highest BCUT2D eigenvalue weighted by Crippen LogP contribution is 2.42. The van der Waals surface area contributed by atoms with Crippen molar-refractivity contribution in [2.45, 2.75) is 58.9 Å². The van der Waals surface area contributed by atoms with Crippen molar-refractivity contribution in [3.63, 3.8) is 0 Å². The normalized spacial score (nSPS) is 15.9. The molecule has 3 N–H and O–H groups in total. The summed E-state index contributed by atoms with van der Waals surface area (Å²) >= 11 is 0. The molecule has 1 fully saturated rings. The van der Waals surface area contributed by atoms with Crippen LogP contribution in [0.15, 0.2) is 29.3 Å². The van der Waals surface area contributed by atoms with E-state index in [9.17, 15) is 4.79 Å². The quantitative estimate of drug-likeness (QED) is 0.360. The summed E-state index contributed by atoms with van der Waals surface area (Å²) in [7, 11) is 1.80. The topological polar surface area (TPSA) is 65.5 Å². The summed E-state index contributed by atoms with van der Waals surface area (Å²) in [6.45, 7) is 6.80. The monoisotopic (exact) mass is 358 g/mol. The first kappa shape index (κ1) is 20.3. The van der Waals surface area contributed by atoms with Gasteiger partial charge in [-0.1, -0.05) is 38.8 Å². The summed E-state index contributed by atoms with van der Waals surface area (Å²) in [5.41, 5.74) is 2.30. The van der Waals surface area contributed by atoms with Gasteiger partial charge in [-0.25, -0.2) is 0 Å². The predicted molar refractivity (Wildman–Crippen MR) is 108 cm³/mol. The van der Waals surface area contributed by atoms with Gasteiger partial charge in [0.1, 0.15) is 0 Å². The molecule has 5 nitrogen and oxygen atoms in total. The van der Waals surface area contributed by atoms with Crippen molar-refractivity contribution in [3.8, 4) is 0 Å². The highest BCUT2D eigenvalue weighted by Gasteiger charge is 2.34. The average molecular weight is 359 g/mol. The van der Waals surface area contributed by atoms with Gasteiger partial charge >= 0.3 is 0 Å². The summed E-state index contributed by atoms with van der Waals surface area (Å²) in [6.07, 6.45) is 7.29. The van der Waals surface area contributed by atoms with Gasteiger partial charge in [-0.05, 0) is 48.8 Å². The molecule has 0 saturated heterocycles. The number of carbonyl (C=O) groups excluding carboxylic acids is 1. The van der Waals surface area contributed by atoms with E-state index in [2.05, 4.69) is 34.8 Å². The minimum atomic E-state index is 0.000739. The van der Waals surface area contributed by atoms with Crippen molar-refractivity contribution in [1.29, 1.82) is 0 Å². The maximum atomic E-state index is 12.0. The molecule has 0 unspecified atom stereocenters. The Labute approximate surface area is 158 Å². The molecule has 26 heavy (non-hydrogen) atoms. The van der Waals surface area contributed by atoms with Gasteiger partial charge in [0.25, 0.3) is 5.91 Å². The zero-order valence-corrected chi connectivity index (χ0v) is 16.5. The first-order valence-corrected chi connectivity index (χ1v) is 9.94. The van der Waals surface area contributed by atoms with Crippen LogP contribution in [0.4, 0.5) is 0 Å². The fourth-order valence-corrected chi connectivity index (χ4v) is 3.26. The van der Waals surface area contributed by atoms with Crippen molar-refractivity contribution >= 4 is 11.9 Å². The number of hydrogen-bond acceptors (Lipinski definition) is 2. The summed E-state index contributed by atoms with van der Waals surface area (Å²) in [4.78, 5) is 16.3. The number of carbonyl (C=O) groups is 1. The molecule has 2 rings (SSSR count). The Morgan fingerprint density at radius 3 is 2.38 bits per heavy atom. The lowest BCUT2D eigenvalue weighted by Gasteiger charge is -2.41. The molecule has 144 valence electrons. The lowest BCUT2D eigenvalue weighted by Crippen LogP contribution is -2.46. The van der Waals surface area contributed by atoms with Crippen LogP contribution in [-0.4, -0.2) is 32.0 Å². The molecule has 0 atom stereocenters. The summed E-state index contributed by atoms with van der Waals surface area (Å²) in [5, 5.41) is 9.77. The van der Waals surface area contributed by atoms with Crippen LogP contribution in [0.1, 0.15) is 68.3 Å². The van der Waals surface area contributed by atoms with Crippen LogP contribution in [0.25, 0.3) is 0 Å². The third-order valence-corrected chi connectivity index (χ3v) is 5.51. The van der Waals surface area contributed by atoms with E-state index in [1.807, 2.05) is 24.3 Å². The van der Waals surface area contributed by atoms with Crippen LogP contribution in [-0.2, 0) is 6.54 Å². The Morgan fingerprint density at radius 1 is 1.12 bits per heavy atom. The molecule has 1 amide bonds. The number of rotatable bonds is 9. The molecule has 1 aromatic rings. The molecule has 1 saturated carbocycles. The third kappa shape index (κ3) is 5.75. The maximum absolute atomic E-state index is 12.0. The fourth-order valence-electron chi connectivity index (χ4n) is 3.26. The molecule has 0 aliphatic heterocycles. The van der Waals surface area contributed by atoms with Crippen molar-refractivity contribution in [2.75, 3.05) is 20.1 Å². The van der Waals surface area contributed by atoms with Gasteiger partial charge in [-0.15, -0.1) is 0 Å². The highest BCUT2D eigenvalue weighted by atomic mass is 16.1. The molecule has 0 aromatic heterocycles. The van der Waals surface area contributed by atoms with E-state index in [0.717, 1.165) is 37.5 Å². The number of nitrogens with zero attached hydrogens (tertiary/aromatic N) is 1. The third-order valence-electron chi connectivity index (χ3n) is 5.51. The van der Waals surface area contributed by atoms with E-state index in [1.165, 1.54) is 25.7 Å². The lowest BCUT2D eigenvalue weighted by atomic mass is 9.67. The van der Waals surface area contributed by atoms with Crippen LogP contribution in [0.2, 0.25) is 0 Å². The highest BCUT2D eigenvalue weighted by molar-refractivity contribution is 5.94. The SMILES string of the molecule is CCCCNC(=O)c1ccc(CNC(=NC)NCC2(CC)CCC2)cc1. The van der Waals surface area contributed by atoms with E-state index >= 15 is 0 Å². The van der Waals surface area contributed by atoms with Crippen LogP contribution < -0.4 is 16.0 Å². The van der Waals surface area contributed by atoms with E-state index in [-0.39, 0.29) is 5.91 Å². The number of hydrogen-bond donors (Lipinski definition) is 3. The molecule has 1 aliphatic carbocycles. The Morgan fingerprint density at radius 2 is 1.85 bits per heavy atom. The van der Waals surface area contributed by atoms with Gasteiger partial charge in [0.2, 0.25) is 0 Å². The van der Waals surface area contributed by atoms with Crippen LogP contribution in [0.5, 0.6) is 0 Å². The van der Waals surface area contributed by atoms with Crippen molar-refractivity contribution in [2.24, 2.45) is 10.4 Å². The number of amides is 1. The molecule has 0 radical (unpaired) electrons. The smallest absolute Gasteiger partial charge is 0.251 e. The average Bonchev–Trinajstić information content (AvgIpc) is 2.64. The van der Waals surface area contributed by atoms with Crippen molar-refractivity contribution in [1.82, 2.24) is 16.0 Å². The Bertz CT molecular complexity index is 585. The first-order chi connectivity index (χ1) is 12.6. The number of aliphatic imine (C=N–C) groups is 1. The summed E-state index contributed by atoms with van der Waals surface area (Å²) in [6, 6.07) is 7.76. The van der Waals surface area contributed by atoms with Crippen molar-refractivity contribution in [3.05, 3.63) is 35.4 Å². The van der Waals surface area contributed by atoms with E-state index in [4.69, 9.17) is 0 Å². The largest absolute Gasteiger partial charge is 0.356 e. The minimum absolute atomic E-state index is 0.000739. The second-order valence-electron chi connectivity index (χ2n) is 7.29. The zero-order valence-electron chi connectivity index (χ0n) is 16.5. The number of nitrogens with one attached hydrogen (secondary N) is 3. The van der Waals surface area contributed by atoms with Crippen LogP contribution in [0.3, 0.4) is 0 Å². The molecule has 0 spiro atoms. The number of benzene rings is 1. The van der Waals surface area contributed by atoms with Gasteiger partial charge < -0.3 is 16.0 Å². The standard InChI is InChI=1S/C21H34N4O/c1-4-6-14-23-19(26)18-10-8-17(9-11-18)15-24-20(22-3)25-16-21(5-2)12-7-13-21/h8-11H,4-7,12-16H2,1-3H3,(H,23,26)(H2,22,24,25). The Kier molecular flexibility index (Phi) is 7.95. The van der Waals surface area contributed by atoms with Gasteiger partial charge in [-0.2, -0.15) is 0 Å². The van der Waals surface area contributed by atoms with E-state index in [1.54, 1.807) is 7.05 Å². The maximum Gasteiger partial charge on any atom is 0.251 e. The van der Waals surface area contributed by atoms with E-state index < -0.39 is 0 Å². The second-order valence-corrected chi connectivity index (χ2v) is 7.29. The lowest BCUT2D eigenvalue weighted by molar-refractivity contribution is 0.0953. The summed E-state index contributed by atoms with van der Waals surface area (Å²) < 4.78 is 0. The molecular weight excluding hydrogens is 324 g/mol. The molecular formula is C21H34N4O. The fraction of sp³-hybridized carbons (Fsp3) is 0.619. The van der Waals surface area contributed by atoms with Gasteiger partial charge in [0.05, 0.1) is 0 Å². The van der Waals surface area contributed by atoms with Gasteiger partial charge in [0.15, 0.2) is 5.96 Å². The van der Waals surface area contributed by atoms with Gasteiger partial charge in [0, 0.05) is 32.2 Å². The summed E-state index contributed by atoms with van der Waals surface area (Å²) in [5.74, 6) is 0.840. The first-order valence-electron chi connectivity index (χ1n) is 9.94. The zero-order chi connectivity index (χ0) is 18.8.